The zero-order valence-corrected chi connectivity index (χ0v) is 13.6. The lowest BCUT2D eigenvalue weighted by molar-refractivity contribution is 0.266. The van der Waals surface area contributed by atoms with Gasteiger partial charge in [0.1, 0.15) is 6.61 Å². The second kappa shape index (κ2) is 6.61. The van der Waals surface area contributed by atoms with Gasteiger partial charge in [-0.25, -0.2) is 0 Å². The molecule has 0 aromatic heterocycles. The Morgan fingerprint density at radius 2 is 1.48 bits per heavy atom. The number of benzene rings is 3. The summed E-state index contributed by atoms with van der Waals surface area (Å²) in [6.07, 6.45) is 0. The van der Waals surface area contributed by atoms with Gasteiger partial charge in [0.05, 0.1) is 14.2 Å². The molecule has 0 saturated carbocycles. The molecule has 3 aromatic rings. The van der Waals surface area contributed by atoms with E-state index in [-0.39, 0.29) is 0 Å². The van der Waals surface area contributed by atoms with Crippen LogP contribution in [0.2, 0.25) is 0 Å². The number of aryl methyl sites for hydroxylation is 1. The highest BCUT2D eigenvalue weighted by Gasteiger charge is 2.13. The molecule has 0 unspecified atom stereocenters. The van der Waals surface area contributed by atoms with Gasteiger partial charge in [-0.2, -0.15) is 0 Å². The highest BCUT2D eigenvalue weighted by molar-refractivity contribution is 5.85. The monoisotopic (exact) mass is 308 g/mol. The molecule has 0 aliphatic rings. The fourth-order valence-corrected chi connectivity index (χ4v) is 2.72. The molecule has 23 heavy (non-hydrogen) atoms. The topological polar surface area (TPSA) is 27.7 Å². The average Bonchev–Trinajstić information content (AvgIpc) is 2.59. The third-order valence-corrected chi connectivity index (χ3v) is 3.86. The number of ether oxygens (including phenoxy) is 3. The molecule has 0 spiro atoms. The first-order valence-corrected chi connectivity index (χ1v) is 7.55. The molecule has 0 aliphatic carbocycles. The van der Waals surface area contributed by atoms with Gasteiger partial charge >= 0.3 is 0 Å². The number of hydrogen-bond donors (Lipinski definition) is 0. The van der Waals surface area contributed by atoms with E-state index >= 15 is 0 Å². The Labute approximate surface area is 136 Å². The summed E-state index contributed by atoms with van der Waals surface area (Å²) in [6.45, 7) is 2.46. The van der Waals surface area contributed by atoms with Gasteiger partial charge in [0.15, 0.2) is 11.5 Å². The molecule has 0 atom stereocenters. The first-order valence-electron chi connectivity index (χ1n) is 7.55. The van der Waals surface area contributed by atoms with Crippen molar-refractivity contribution in [1.29, 1.82) is 0 Å². The average molecular weight is 308 g/mol. The van der Waals surface area contributed by atoms with Crippen LogP contribution in [-0.2, 0) is 6.61 Å². The molecule has 0 aliphatic heterocycles. The Morgan fingerprint density at radius 3 is 2.17 bits per heavy atom. The smallest absolute Gasteiger partial charge is 0.203 e. The van der Waals surface area contributed by atoms with Gasteiger partial charge in [0.25, 0.3) is 0 Å². The SMILES string of the molecule is COc1cc(C)cc(OC)c1OCc1cccc2ccccc12. The number of rotatable bonds is 5. The highest BCUT2D eigenvalue weighted by atomic mass is 16.5. The van der Waals surface area contributed by atoms with Crippen molar-refractivity contribution in [1.82, 2.24) is 0 Å². The number of hydrogen-bond acceptors (Lipinski definition) is 3. The molecule has 3 heteroatoms. The van der Waals surface area contributed by atoms with E-state index in [2.05, 4.69) is 24.3 Å². The predicted octanol–water partition coefficient (Wildman–Crippen LogP) is 4.74. The fraction of sp³-hybridized carbons (Fsp3) is 0.200. The van der Waals surface area contributed by atoms with Crippen LogP contribution < -0.4 is 14.2 Å². The molecule has 3 aromatic carbocycles. The van der Waals surface area contributed by atoms with Crippen molar-refractivity contribution < 1.29 is 14.2 Å². The van der Waals surface area contributed by atoms with Crippen LogP contribution in [0.3, 0.4) is 0 Å². The molecule has 0 fully saturated rings. The first kappa shape index (κ1) is 15.2. The summed E-state index contributed by atoms with van der Waals surface area (Å²) in [5.41, 5.74) is 2.20. The van der Waals surface area contributed by atoms with Crippen molar-refractivity contribution in [2.24, 2.45) is 0 Å². The van der Waals surface area contributed by atoms with E-state index < -0.39 is 0 Å². The van der Waals surface area contributed by atoms with Crippen LogP contribution in [0, 0.1) is 6.92 Å². The second-order valence-electron chi connectivity index (χ2n) is 5.43. The van der Waals surface area contributed by atoms with Crippen molar-refractivity contribution >= 4 is 10.8 Å². The molecule has 0 radical (unpaired) electrons. The molecule has 118 valence electrons. The Hall–Kier alpha value is -2.68. The summed E-state index contributed by atoms with van der Waals surface area (Å²) in [4.78, 5) is 0. The molecular formula is C20H20O3. The quantitative estimate of drug-likeness (QED) is 0.681. The standard InChI is InChI=1S/C20H20O3/c1-14-11-18(21-2)20(19(12-14)22-3)23-13-16-9-6-8-15-7-4-5-10-17(15)16/h4-12H,13H2,1-3H3. The summed E-state index contributed by atoms with van der Waals surface area (Å²) in [6, 6.07) is 18.4. The van der Waals surface area contributed by atoms with Gasteiger partial charge in [0, 0.05) is 0 Å². The number of fused-ring (bicyclic) bond motifs is 1. The minimum Gasteiger partial charge on any atom is -0.493 e. The maximum atomic E-state index is 6.05. The summed E-state index contributed by atoms with van der Waals surface area (Å²) in [5, 5.41) is 2.40. The van der Waals surface area contributed by atoms with Crippen molar-refractivity contribution in [2.45, 2.75) is 13.5 Å². The molecule has 0 N–H and O–H groups in total. The fourth-order valence-electron chi connectivity index (χ4n) is 2.72. The molecule has 0 amide bonds. The van der Waals surface area contributed by atoms with Gasteiger partial charge in [-0.1, -0.05) is 42.5 Å². The largest absolute Gasteiger partial charge is 0.493 e. The third kappa shape index (κ3) is 3.09. The maximum absolute atomic E-state index is 6.05. The van der Waals surface area contributed by atoms with Gasteiger partial charge in [-0.3, -0.25) is 0 Å². The first-order chi connectivity index (χ1) is 11.2. The van der Waals surface area contributed by atoms with E-state index in [1.54, 1.807) is 14.2 Å². The van der Waals surface area contributed by atoms with Crippen LogP contribution in [-0.4, -0.2) is 14.2 Å². The third-order valence-electron chi connectivity index (χ3n) is 3.86. The normalized spacial score (nSPS) is 10.6. The summed E-state index contributed by atoms with van der Waals surface area (Å²) in [7, 11) is 3.28. The Balaban J connectivity index is 1.94. The number of methoxy groups -OCH3 is 2. The zero-order chi connectivity index (χ0) is 16.2. The van der Waals surface area contributed by atoms with Crippen molar-refractivity contribution in [3.63, 3.8) is 0 Å². The van der Waals surface area contributed by atoms with Crippen molar-refractivity contribution in [3.8, 4) is 17.2 Å². The van der Waals surface area contributed by atoms with E-state index in [1.807, 2.05) is 37.3 Å². The van der Waals surface area contributed by atoms with Crippen molar-refractivity contribution in [2.75, 3.05) is 14.2 Å². The van der Waals surface area contributed by atoms with Crippen LogP contribution in [0.1, 0.15) is 11.1 Å². The molecule has 3 nitrogen and oxygen atoms in total. The van der Waals surface area contributed by atoms with Crippen LogP contribution in [0.5, 0.6) is 17.2 Å². The minimum absolute atomic E-state index is 0.455. The molecule has 0 heterocycles. The Bertz CT molecular complexity index is 794. The van der Waals surface area contributed by atoms with Gasteiger partial charge in [0.2, 0.25) is 5.75 Å². The summed E-state index contributed by atoms with van der Waals surface area (Å²) < 4.78 is 16.9. The second-order valence-corrected chi connectivity index (χ2v) is 5.43. The molecule has 0 saturated heterocycles. The van der Waals surface area contributed by atoms with E-state index in [1.165, 1.54) is 10.8 Å². The van der Waals surface area contributed by atoms with Gasteiger partial charge in [-0.05, 0) is 41.0 Å². The van der Waals surface area contributed by atoms with Crippen LogP contribution in [0.25, 0.3) is 10.8 Å². The zero-order valence-electron chi connectivity index (χ0n) is 13.6. The van der Waals surface area contributed by atoms with Crippen LogP contribution >= 0.6 is 0 Å². The van der Waals surface area contributed by atoms with E-state index in [0.717, 1.165) is 11.1 Å². The van der Waals surface area contributed by atoms with Gasteiger partial charge in [-0.15, -0.1) is 0 Å². The summed E-state index contributed by atoms with van der Waals surface area (Å²) in [5.74, 6) is 2.00. The Morgan fingerprint density at radius 1 is 0.826 bits per heavy atom. The van der Waals surface area contributed by atoms with Crippen molar-refractivity contribution in [3.05, 3.63) is 65.7 Å². The highest BCUT2D eigenvalue weighted by Crippen LogP contribution is 2.39. The van der Waals surface area contributed by atoms with E-state index in [0.29, 0.717) is 23.9 Å². The van der Waals surface area contributed by atoms with Gasteiger partial charge < -0.3 is 14.2 Å². The predicted molar refractivity (Wildman–Crippen MR) is 92.6 cm³/mol. The molecule has 3 rings (SSSR count). The lowest BCUT2D eigenvalue weighted by Gasteiger charge is -2.16. The molecular weight excluding hydrogens is 288 g/mol. The molecule has 0 bridgehead atoms. The maximum Gasteiger partial charge on any atom is 0.203 e. The minimum atomic E-state index is 0.455. The lowest BCUT2D eigenvalue weighted by atomic mass is 10.1. The van der Waals surface area contributed by atoms with Crippen LogP contribution in [0.15, 0.2) is 54.6 Å². The van der Waals surface area contributed by atoms with E-state index in [4.69, 9.17) is 14.2 Å². The van der Waals surface area contributed by atoms with E-state index in [9.17, 15) is 0 Å². The van der Waals surface area contributed by atoms with Crippen LogP contribution in [0.4, 0.5) is 0 Å². The lowest BCUT2D eigenvalue weighted by Crippen LogP contribution is -2.01. The summed E-state index contributed by atoms with van der Waals surface area (Å²) >= 11 is 0. The Kier molecular flexibility index (Phi) is 4.38.